The molecule has 0 bridgehead atoms. The van der Waals surface area contributed by atoms with Gasteiger partial charge in [-0.25, -0.2) is 9.78 Å². The molecule has 1 aliphatic heterocycles. The first-order valence-electron chi connectivity index (χ1n) is 11.4. The quantitative estimate of drug-likeness (QED) is 0.615. The van der Waals surface area contributed by atoms with E-state index in [2.05, 4.69) is 15.5 Å². The Kier molecular flexibility index (Phi) is 6.25. The second-order valence-corrected chi connectivity index (χ2v) is 9.89. The number of anilines is 2. The van der Waals surface area contributed by atoms with Crippen LogP contribution in [0, 0.1) is 5.92 Å². The average Bonchev–Trinajstić information content (AvgIpc) is 3.57. The van der Waals surface area contributed by atoms with Crippen molar-refractivity contribution in [2.45, 2.75) is 39.2 Å². The molecule has 9 nitrogen and oxygen atoms in total. The van der Waals surface area contributed by atoms with E-state index in [0.29, 0.717) is 55.1 Å². The molecule has 1 saturated carbocycles. The molecule has 0 unspecified atom stereocenters. The van der Waals surface area contributed by atoms with Crippen LogP contribution in [0.1, 0.15) is 44.0 Å². The van der Waals surface area contributed by atoms with Gasteiger partial charge in [-0.1, -0.05) is 0 Å². The van der Waals surface area contributed by atoms with E-state index in [1.807, 2.05) is 25.7 Å². The fourth-order valence-corrected chi connectivity index (χ4v) is 4.01. The predicted molar refractivity (Wildman–Crippen MR) is 127 cm³/mol. The second kappa shape index (κ2) is 8.97. The van der Waals surface area contributed by atoms with Crippen molar-refractivity contribution in [1.29, 1.82) is 0 Å². The van der Waals surface area contributed by atoms with Gasteiger partial charge in [0.2, 0.25) is 11.8 Å². The summed E-state index contributed by atoms with van der Waals surface area (Å²) in [6.07, 6.45) is 1.80. The smallest absolute Gasteiger partial charge is 0.336 e. The first-order chi connectivity index (χ1) is 15.6. The molecule has 33 heavy (non-hydrogen) atoms. The standard InChI is InChI=1S/C24H31N5O4/c1-24(2,3)27-21(30)14-28-8-10-29(11-9-28)20-13-18(23(32)33)17-12-16(6-7-19(17)26-20)25-22(31)15-4-5-15/h6-7,12-13,15H,4-5,8-11,14H2,1-3H3,(H,25,31)(H,27,30)(H,32,33). The number of carbonyl (C=O) groups is 3. The fourth-order valence-electron chi connectivity index (χ4n) is 4.01. The first kappa shape index (κ1) is 23.0. The molecule has 1 aromatic heterocycles. The number of carbonyl (C=O) groups excluding carboxylic acids is 2. The number of hydrogen-bond acceptors (Lipinski definition) is 6. The second-order valence-electron chi connectivity index (χ2n) is 9.89. The summed E-state index contributed by atoms with van der Waals surface area (Å²) in [4.78, 5) is 45.1. The molecule has 176 valence electrons. The summed E-state index contributed by atoms with van der Waals surface area (Å²) in [5.74, 6) is -0.388. The van der Waals surface area contributed by atoms with Gasteiger partial charge in [0.05, 0.1) is 17.6 Å². The van der Waals surface area contributed by atoms with Crippen molar-refractivity contribution >= 4 is 40.2 Å². The predicted octanol–water partition coefficient (Wildman–Crippen LogP) is 2.32. The minimum absolute atomic E-state index is 0.00229. The molecule has 3 N–H and O–H groups in total. The van der Waals surface area contributed by atoms with Crippen LogP contribution in [0.2, 0.25) is 0 Å². The van der Waals surface area contributed by atoms with Gasteiger partial charge >= 0.3 is 5.97 Å². The van der Waals surface area contributed by atoms with Gasteiger partial charge in [-0.05, 0) is 57.9 Å². The number of nitrogens with zero attached hydrogens (tertiary/aromatic N) is 3. The topological polar surface area (TPSA) is 115 Å². The Morgan fingerprint density at radius 3 is 2.39 bits per heavy atom. The Balaban J connectivity index is 1.47. The molecule has 2 aromatic rings. The number of amides is 2. The van der Waals surface area contributed by atoms with E-state index in [-0.39, 0.29) is 28.8 Å². The maximum absolute atomic E-state index is 12.2. The van der Waals surface area contributed by atoms with E-state index in [1.165, 1.54) is 0 Å². The number of pyridine rings is 1. The molecule has 0 atom stereocenters. The van der Waals surface area contributed by atoms with E-state index in [0.717, 1.165) is 12.8 Å². The highest BCUT2D eigenvalue weighted by Gasteiger charge is 2.30. The van der Waals surface area contributed by atoms with Gasteiger partial charge in [-0.3, -0.25) is 14.5 Å². The first-order valence-corrected chi connectivity index (χ1v) is 11.4. The molecule has 2 fully saturated rings. The summed E-state index contributed by atoms with van der Waals surface area (Å²) in [6.45, 7) is 8.88. The molecule has 2 aliphatic rings. The van der Waals surface area contributed by atoms with E-state index in [4.69, 9.17) is 4.98 Å². The van der Waals surface area contributed by atoms with E-state index >= 15 is 0 Å². The summed E-state index contributed by atoms with van der Waals surface area (Å²) in [7, 11) is 0. The summed E-state index contributed by atoms with van der Waals surface area (Å²) in [6, 6.07) is 6.79. The van der Waals surface area contributed by atoms with E-state index in [1.54, 1.807) is 24.3 Å². The highest BCUT2D eigenvalue weighted by Crippen LogP contribution is 2.31. The van der Waals surface area contributed by atoms with Crippen LogP contribution < -0.4 is 15.5 Å². The molecular formula is C24H31N5O4. The summed E-state index contributed by atoms with van der Waals surface area (Å²) < 4.78 is 0. The normalized spacial score (nSPS) is 17.1. The number of piperazine rings is 1. The van der Waals surface area contributed by atoms with E-state index < -0.39 is 5.97 Å². The number of rotatable bonds is 6. The SMILES string of the molecule is CC(C)(C)NC(=O)CN1CCN(c2cc(C(=O)O)c3cc(NC(=O)C4CC4)ccc3n2)CC1. The summed E-state index contributed by atoms with van der Waals surface area (Å²) >= 11 is 0. The molecule has 1 aliphatic carbocycles. The fraction of sp³-hybridized carbons (Fsp3) is 0.500. The maximum atomic E-state index is 12.2. The lowest BCUT2D eigenvalue weighted by Crippen LogP contribution is -2.52. The lowest BCUT2D eigenvalue weighted by molar-refractivity contribution is -0.123. The van der Waals surface area contributed by atoms with Crippen LogP contribution in [0.25, 0.3) is 10.9 Å². The van der Waals surface area contributed by atoms with Crippen LogP contribution in [-0.2, 0) is 9.59 Å². The third kappa shape index (κ3) is 5.78. The number of aromatic carboxylic acids is 1. The third-order valence-electron chi connectivity index (χ3n) is 5.82. The van der Waals surface area contributed by atoms with Crippen LogP contribution >= 0.6 is 0 Å². The molecule has 1 aromatic carbocycles. The molecule has 9 heteroatoms. The van der Waals surface area contributed by atoms with Crippen molar-refractivity contribution in [3.05, 3.63) is 29.8 Å². The van der Waals surface area contributed by atoms with Gasteiger partial charge in [0, 0.05) is 48.7 Å². The van der Waals surface area contributed by atoms with Gasteiger partial charge in [-0.15, -0.1) is 0 Å². The highest BCUT2D eigenvalue weighted by atomic mass is 16.4. The van der Waals surface area contributed by atoms with E-state index in [9.17, 15) is 19.5 Å². The Labute approximate surface area is 193 Å². The van der Waals surface area contributed by atoms with Crippen molar-refractivity contribution in [1.82, 2.24) is 15.2 Å². The number of carboxylic acids is 1. The largest absolute Gasteiger partial charge is 0.478 e. The number of fused-ring (bicyclic) bond motifs is 1. The van der Waals surface area contributed by atoms with Gasteiger partial charge in [0.25, 0.3) is 0 Å². The van der Waals surface area contributed by atoms with Gasteiger partial charge in [0.1, 0.15) is 5.82 Å². The Hall–Kier alpha value is -3.20. The summed E-state index contributed by atoms with van der Waals surface area (Å²) in [5, 5.41) is 16.2. The zero-order chi connectivity index (χ0) is 23.8. The zero-order valence-corrected chi connectivity index (χ0v) is 19.4. The van der Waals surface area contributed by atoms with Crippen molar-refractivity contribution in [2.75, 3.05) is 42.9 Å². The zero-order valence-electron chi connectivity index (χ0n) is 19.4. The Bertz CT molecular complexity index is 1080. The monoisotopic (exact) mass is 453 g/mol. The number of nitrogens with one attached hydrogen (secondary N) is 2. The van der Waals surface area contributed by atoms with Crippen LogP contribution in [0.3, 0.4) is 0 Å². The number of carboxylic acid groups (broad SMARTS) is 1. The van der Waals surface area contributed by atoms with Crippen molar-refractivity contribution in [3.8, 4) is 0 Å². The lowest BCUT2D eigenvalue weighted by atomic mass is 10.1. The molecular weight excluding hydrogens is 422 g/mol. The number of aromatic nitrogens is 1. The summed E-state index contributed by atoms with van der Waals surface area (Å²) in [5.41, 5.74) is 1.05. The van der Waals surface area contributed by atoms with Gasteiger partial charge in [-0.2, -0.15) is 0 Å². The lowest BCUT2D eigenvalue weighted by Gasteiger charge is -2.35. The maximum Gasteiger partial charge on any atom is 0.336 e. The molecule has 0 spiro atoms. The molecule has 4 rings (SSSR count). The van der Waals surface area contributed by atoms with Crippen LogP contribution in [0.4, 0.5) is 11.5 Å². The highest BCUT2D eigenvalue weighted by molar-refractivity contribution is 6.05. The van der Waals surface area contributed by atoms with Gasteiger partial charge < -0.3 is 20.6 Å². The third-order valence-corrected chi connectivity index (χ3v) is 5.82. The minimum atomic E-state index is -1.04. The van der Waals surface area contributed by atoms with Crippen molar-refractivity contribution in [3.63, 3.8) is 0 Å². The number of hydrogen-bond donors (Lipinski definition) is 3. The minimum Gasteiger partial charge on any atom is -0.478 e. The number of benzene rings is 1. The van der Waals surface area contributed by atoms with Gasteiger partial charge in [0.15, 0.2) is 0 Å². The molecule has 0 radical (unpaired) electrons. The van der Waals surface area contributed by atoms with Crippen molar-refractivity contribution < 1.29 is 19.5 Å². The molecule has 2 amide bonds. The van der Waals surface area contributed by atoms with Crippen LogP contribution in [0.15, 0.2) is 24.3 Å². The van der Waals surface area contributed by atoms with Crippen LogP contribution in [-0.4, -0.2) is 71.0 Å². The molecule has 2 heterocycles. The average molecular weight is 454 g/mol. The Morgan fingerprint density at radius 2 is 1.79 bits per heavy atom. The Morgan fingerprint density at radius 1 is 1.09 bits per heavy atom. The molecule has 1 saturated heterocycles. The van der Waals surface area contributed by atoms with Crippen LogP contribution in [0.5, 0.6) is 0 Å². The van der Waals surface area contributed by atoms with Crippen molar-refractivity contribution in [2.24, 2.45) is 5.92 Å².